The molecule has 0 aliphatic carbocycles. The summed E-state index contributed by atoms with van der Waals surface area (Å²) in [5, 5.41) is 4.98. The smallest absolute Gasteiger partial charge is 0.284 e. The fourth-order valence-electron chi connectivity index (χ4n) is 1.94. The van der Waals surface area contributed by atoms with E-state index in [1.165, 1.54) is 12.4 Å². The van der Waals surface area contributed by atoms with Crippen molar-refractivity contribution in [1.29, 1.82) is 0 Å². The summed E-state index contributed by atoms with van der Waals surface area (Å²) in [7, 11) is 0. The van der Waals surface area contributed by atoms with E-state index in [1.807, 2.05) is 24.3 Å². The molecule has 3 rings (SSSR count). The lowest BCUT2D eigenvalue weighted by atomic mass is 10.1. The summed E-state index contributed by atoms with van der Waals surface area (Å²) in [6.45, 7) is 0.984. The van der Waals surface area contributed by atoms with Crippen molar-refractivity contribution in [3.8, 4) is 0 Å². The maximum Gasteiger partial charge on any atom is 0.426 e. The molecule has 3 aromatic rings. The first-order valence-electron chi connectivity index (χ1n) is 5.93. The van der Waals surface area contributed by atoms with Gasteiger partial charge in [0.25, 0.3) is 12.4 Å². The van der Waals surface area contributed by atoms with Crippen molar-refractivity contribution in [3.05, 3.63) is 68.6 Å². The zero-order valence-corrected chi connectivity index (χ0v) is 10.4. The van der Waals surface area contributed by atoms with Gasteiger partial charge in [-0.25, -0.2) is 9.59 Å². The summed E-state index contributed by atoms with van der Waals surface area (Å²) < 4.78 is 12.3. The van der Waals surface area contributed by atoms with E-state index in [0.29, 0.717) is 13.1 Å². The number of rotatable bonds is 4. The van der Waals surface area contributed by atoms with Crippen molar-refractivity contribution < 1.29 is 18.4 Å². The molecule has 2 aromatic heterocycles. The van der Waals surface area contributed by atoms with E-state index in [2.05, 4.69) is 19.6 Å². The van der Waals surface area contributed by atoms with Crippen molar-refractivity contribution >= 4 is 0 Å². The lowest BCUT2D eigenvalue weighted by molar-refractivity contribution is -0.755. The fraction of sp³-hybridized carbons (Fsp3) is 0.167. The molecule has 0 aliphatic heterocycles. The molecule has 102 valence electrons. The first-order valence-corrected chi connectivity index (χ1v) is 5.93. The molecule has 8 nitrogen and oxygen atoms in total. The van der Waals surface area contributed by atoms with Crippen molar-refractivity contribution in [2.24, 2.45) is 0 Å². The Kier molecular flexibility index (Phi) is 3.04. The van der Waals surface area contributed by atoms with Gasteiger partial charge in [-0.2, -0.15) is 0 Å². The van der Waals surface area contributed by atoms with Crippen LogP contribution in [0, 0.1) is 0 Å². The van der Waals surface area contributed by atoms with E-state index < -0.39 is 11.3 Å². The van der Waals surface area contributed by atoms with Gasteiger partial charge in [0.15, 0.2) is 0 Å². The van der Waals surface area contributed by atoms with Crippen LogP contribution in [0.5, 0.6) is 0 Å². The zero-order chi connectivity index (χ0) is 13.9. The minimum absolute atomic E-state index is 0.423. The van der Waals surface area contributed by atoms with E-state index >= 15 is 0 Å². The number of aromatic nitrogens is 4. The molecule has 0 unspecified atom stereocenters. The molecule has 0 fully saturated rings. The third kappa shape index (κ3) is 2.74. The molecule has 0 spiro atoms. The van der Waals surface area contributed by atoms with Gasteiger partial charge in [-0.15, -0.1) is 0 Å². The second-order valence-electron chi connectivity index (χ2n) is 4.36. The third-order valence-electron chi connectivity index (χ3n) is 2.75. The van der Waals surface area contributed by atoms with Crippen LogP contribution in [0.1, 0.15) is 11.1 Å². The van der Waals surface area contributed by atoms with Crippen molar-refractivity contribution in [3.63, 3.8) is 0 Å². The van der Waals surface area contributed by atoms with Gasteiger partial charge >= 0.3 is 11.3 Å². The van der Waals surface area contributed by atoms with E-state index in [0.717, 1.165) is 11.1 Å². The van der Waals surface area contributed by atoms with Crippen molar-refractivity contribution in [2.75, 3.05) is 0 Å². The van der Waals surface area contributed by atoms with E-state index in [9.17, 15) is 9.59 Å². The molecule has 0 saturated heterocycles. The lowest BCUT2D eigenvalue weighted by Crippen LogP contribution is -2.37. The van der Waals surface area contributed by atoms with Crippen LogP contribution in [0.2, 0.25) is 0 Å². The van der Waals surface area contributed by atoms with Gasteiger partial charge in [0.05, 0.1) is 0 Å². The van der Waals surface area contributed by atoms with Crippen LogP contribution in [-0.2, 0) is 13.1 Å². The Morgan fingerprint density at radius 3 is 1.80 bits per heavy atom. The van der Waals surface area contributed by atoms with Gasteiger partial charge in [0.2, 0.25) is 13.1 Å². The van der Waals surface area contributed by atoms with Crippen LogP contribution in [-0.4, -0.2) is 10.5 Å². The van der Waals surface area contributed by atoms with Gasteiger partial charge in [0, 0.05) is 11.1 Å². The Morgan fingerprint density at radius 2 is 1.40 bits per heavy atom. The summed E-state index contributed by atoms with van der Waals surface area (Å²) >= 11 is 0. The topological polar surface area (TPSA) is 99.8 Å². The monoisotopic (exact) mass is 276 g/mol. The number of hydrogen-bond acceptors (Lipinski definition) is 4. The highest BCUT2D eigenvalue weighted by molar-refractivity contribution is 5.21. The van der Waals surface area contributed by atoms with Gasteiger partial charge in [0.1, 0.15) is 0 Å². The Bertz CT molecular complexity index is 760. The number of hydrogen-bond donors (Lipinski definition) is 2. The standard InChI is InChI=1S/C12H10N4O4/c17-11-7-15(13-19-11)5-9-2-1-3-10(4-9)6-16-8-12(18)20-14-16/h1-4,7-8H,5-6H2/p+2. The second-order valence-corrected chi connectivity index (χ2v) is 4.36. The van der Waals surface area contributed by atoms with Crippen molar-refractivity contribution in [2.45, 2.75) is 13.1 Å². The molecule has 8 heteroatoms. The minimum atomic E-state index is -0.423. The number of nitrogens with one attached hydrogen (secondary N) is 2. The van der Waals surface area contributed by atoms with Crippen LogP contribution in [0.4, 0.5) is 0 Å². The van der Waals surface area contributed by atoms with Gasteiger partial charge in [-0.1, -0.05) is 27.6 Å². The van der Waals surface area contributed by atoms with Crippen molar-refractivity contribution in [1.82, 2.24) is 10.5 Å². The molecule has 0 amide bonds. The van der Waals surface area contributed by atoms with Gasteiger partial charge in [-0.3, -0.25) is 9.05 Å². The maximum atomic E-state index is 10.9. The zero-order valence-electron chi connectivity index (χ0n) is 10.4. The highest BCUT2D eigenvalue weighted by Crippen LogP contribution is 2.04. The predicted octanol–water partition coefficient (Wildman–Crippen LogP) is -1.08. The van der Waals surface area contributed by atoms with E-state index in [-0.39, 0.29) is 0 Å². The molecule has 0 saturated carbocycles. The van der Waals surface area contributed by atoms with Crippen LogP contribution in [0.15, 0.2) is 55.3 Å². The Morgan fingerprint density at radius 1 is 0.900 bits per heavy atom. The van der Waals surface area contributed by atoms with E-state index in [4.69, 9.17) is 0 Å². The van der Waals surface area contributed by atoms with Gasteiger partial charge < -0.3 is 0 Å². The average molecular weight is 276 g/mol. The van der Waals surface area contributed by atoms with Crippen LogP contribution < -0.4 is 20.6 Å². The summed E-state index contributed by atoms with van der Waals surface area (Å²) in [5.74, 6) is 0. The second kappa shape index (κ2) is 5.00. The highest BCUT2D eigenvalue weighted by atomic mass is 16.5. The average Bonchev–Trinajstić information content (AvgIpc) is 2.99. The minimum Gasteiger partial charge on any atom is -0.284 e. The fourth-order valence-corrected chi connectivity index (χ4v) is 1.94. The molecule has 0 bridgehead atoms. The Labute approximate surface area is 111 Å². The third-order valence-corrected chi connectivity index (χ3v) is 2.75. The van der Waals surface area contributed by atoms with Crippen LogP contribution in [0.25, 0.3) is 0 Å². The SMILES string of the molecule is O=c1c[n+](Cc2cccc(C[n+]3cc(=O)o[nH]3)c2)[nH]o1. The molecule has 20 heavy (non-hydrogen) atoms. The number of H-pyrrole nitrogens is 2. The van der Waals surface area contributed by atoms with Crippen LogP contribution >= 0.6 is 0 Å². The summed E-state index contributed by atoms with van der Waals surface area (Å²) in [4.78, 5) is 21.8. The molecule has 0 atom stereocenters. The first-order chi connectivity index (χ1) is 9.69. The molecule has 2 N–H and O–H groups in total. The molecule has 0 radical (unpaired) electrons. The quantitative estimate of drug-likeness (QED) is 0.592. The number of benzene rings is 1. The number of aromatic amines is 2. The highest BCUT2D eigenvalue weighted by Gasteiger charge is 2.11. The molecular weight excluding hydrogens is 264 g/mol. The largest absolute Gasteiger partial charge is 0.426 e. The summed E-state index contributed by atoms with van der Waals surface area (Å²) in [5.41, 5.74) is 1.15. The summed E-state index contributed by atoms with van der Waals surface area (Å²) in [6.07, 6.45) is 2.68. The first kappa shape index (κ1) is 12.2. The maximum absolute atomic E-state index is 10.9. The molecule has 0 aliphatic rings. The molecular formula is C12H12N4O4+2. The van der Waals surface area contributed by atoms with E-state index in [1.54, 1.807) is 9.36 Å². The number of nitrogens with zero attached hydrogens (tertiary/aromatic N) is 2. The molecule has 2 heterocycles. The normalized spacial score (nSPS) is 10.8. The molecule has 1 aromatic carbocycles. The van der Waals surface area contributed by atoms with Crippen LogP contribution in [0.3, 0.4) is 0 Å². The summed E-state index contributed by atoms with van der Waals surface area (Å²) in [6, 6.07) is 7.74. The Hall–Kier alpha value is -2.90. The Balaban J connectivity index is 1.78. The lowest BCUT2D eigenvalue weighted by Gasteiger charge is -1.97. The van der Waals surface area contributed by atoms with Gasteiger partial charge in [-0.05, 0) is 16.6 Å². The predicted molar refractivity (Wildman–Crippen MR) is 63.7 cm³/mol.